The monoisotopic (exact) mass is 720 g/mol. The van der Waals surface area contributed by atoms with Crippen LogP contribution in [-0.2, 0) is 37.4 Å². The van der Waals surface area contributed by atoms with Gasteiger partial charge in [0.25, 0.3) is 0 Å². The van der Waals surface area contributed by atoms with Gasteiger partial charge in [-0.3, -0.25) is 18.6 Å². The molecule has 49 heavy (non-hydrogen) atoms. The lowest BCUT2D eigenvalue weighted by Crippen LogP contribution is -2.29. The largest absolute Gasteiger partial charge is 0.472 e. The van der Waals surface area contributed by atoms with Gasteiger partial charge in [-0.15, -0.1) is 0 Å². The molecular weight excluding hydrogens is 651 g/mol. The number of esters is 2. The summed E-state index contributed by atoms with van der Waals surface area (Å²) in [6.45, 7) is 4.56. The zero-order valence-electron chi connectivity index (χ0n) is 30.8. The lowest BCUT2D eigenvalue weighted by Gasteiger charge is -2.20. The van der Waals surface area contributed by atoms with Crippen molar-refractivity contribution in [3.63, 3.8) is 0 Å². The zero-order valence-corrected chi connectivity index (χ0v) is 31.7. The summed E-state index contributed by atoms with van der Waals surface area (Å²) in [6.07, 6.45) is 23.7. The van der Waals surface area contributed by atoms with Crippen molar-refractivity contribution in [2.24, 2.45) is 5.92 Å². The summed E-state index contributed by atoms with van der Waals surface area (Å²) < 4.78 is 38.3. The van der Waals surface area contributed by atoms with Crippen molar-refractivity contribution < 1.29 is 52.5 Å². The number of aliphatic hydroxyl groups excluding tert-OH is 2. The van der Waals surface area contributed by atoms with Gasteiger partial charge in [0.15, 0.2) is 6.10 Å². The molecule has 0 amide bonds. The lowest BCUT2D eigenvalue weighted by molar-refractivity contribution is -0.161. The van der Waals surface area contributed by atoms with Gasteiger partial charge >= 0.3 is 19.8 Å². The van der Waals surface area contributed by atoms with Crippen LogP contribution >= 0.6 is 7.82 Å². The molecule has 1 fully saturated rings. The Morgan fingerprint density at radius 3 is 2.04 bits per heavy atom. The number of hydrogen-bond acceptors (Lipinski definition) is 10. The molecule has 0 aromatic heterocycles. The van der Waals surface area contributed by atoms with Crippen LogP contribution in [0.1, 0.15) is 156 Å². The second-order valence-electron chi connectivity index (χ2n) is 13.8. The van der Waals surface area contributed by atoms with E-state index in [0.29, 0.717) is 25.0 Å². The number of aliphatic hydroxyl groups is 2. The van der Waals surface area contributed by atoms with Crippen molar-refractivity contribution in [1.29, 1.82) is 0 Å². The van der Waals surface area contributed by atoms with Gasteiger partial charge in [0.05, 0.1) is 32.0 Å². The molecule has 1 heterocycles. The third kappa shape index (κ3) is 28.0. The maximum atomic E-state index is 12.6. The number of unbranched alkanes of at least 4 members (excludes halogenated alkanes) is 13. The van der Waals surface area contributed by atoms with Gasteiger partial charge in [0, 0.05) is 12.8 Å². The van der Waals surface area contributed by atoms with Crippen molar-refractivity contribution in [2.75, 3.05) is 26.4 Å². The molecule has 0 spiro atoms. The van der Waals surface area contributed by atoms with E-state index >= 15 is 0 Å². The molecule has 0 radical (unpaired) electrons. The minimum Gasteiger partial charge on any atom is -0.462 e. The van der Waals surface area contributed by atoms with Crippen molar-refractivity contribution in [3.8, 4) is 0 Å². The Morgan fingerprint density at radius 1 is 0.776 bits per heavy atom. The number of phosphoric acid groups is 1. The van der Waals surface area contributed by atoms with Gasteiger partial charge < -0.3 is 29.3 Å². The van der Waals surface area contributed by atoms with Gasteiger partial charge in [-0.25, -0.2) is 4.57 Å². The first kappa shape index (κ1) is 45.7. The molecule has 0 saturated carbocycles. The van der Waals surface area contributed by atoms with E-state index in [4.69, 9.17) is 23.8 Å². The molecule has 1 aliphatic rings. The van der Waals surface area contributed by atoms with Crippen LogP contribution in [0.4, 0.5) is 0 Å². The van der Waals surface area contributed by atoms with Crippen LogP contribution in [-0.4, -0.2) is 77.9 Å². The predicted octanol–water partition coefficient (Wildman–Crippen LogP) is 8.12. The number of carbonyl (C=O) groups excluding carboxylic acids is 2. The molecule has 3 N–H and O–H groups in total. The number of allylic oxidation sites excluding steroid dienone is 1. The van der Waals surface area contributed by atoms with Crippen LogP contribution in [0.15, 0.2) is 12.2 Å². The summed E-state index contributed by atoms with van der Waals surface area (Å²) in [6, 6.07) is 0. The van der Waals surface area contributed by atoms with Crippen LogP contribution in [0.5, 0.6) is 0 Å². The number of ether oxygens (including phenoxy) is 3. The molecule has 1 saturated heterocycles. The highest BCUT2D eigenvalue weighted by Gasteiger charge is 2.36. The summed E-state index contributed by atoms with van der Waals surface area (Å²) >= 11 is 0. The first-order chi connectivity index (χ1) is 23.6. The van der Waals surface area contributed by atoms with Crippen molar-refractivity contribution >= 4 is 19.8 Å². The molecule has 288 valence electrons. The Balaban J connectivity index is 2.29. The number of phosphoric ester groups is 1. The third-order valence-electron chi connectivity index (χ3n) is 8.52. The Bertz CT molecular complexity index is 913. The molecule has 0 aliphatic carbocycles. The standard InChI is InChI=1S/C37H69O11P/c1-4-5-17-23-34-35(48-34)24-19-14-10-6-7-11-16-21-26-37(41)47-33(30-46-49(42,43)45-28-32(39)27-38)29-44-36(40)25-20-15-12-8-9-13-18-22-31(2)3/h14,19,31-35,38-39H,4-13,15-18,20-30H2,1-3H3,(H,42,43)/b19-14-/t32-,33+,34?,35?/m0/s1. The molecule has 1 aliphatic heterocycles. The van der Waals surface area contributed by atoms with E-state index in [2.05, 4.69) is 37.4 Å². The van der Waals surface area contributed by atoms with E-state index in [1.165, 1.54) is 51.4 Å². The Labute approximate surface area is 296 Å². The first-order valence-electron chi connectivity index (χ1n) is 19.1. The zero-order chi connectivity index (χ0) is 36.2. The highest BCUT2D eigenvalue weighted by molar-refractivity contribution is 7.47. The maximum Gasteiger partial charge on any atom is 0.472 e. The fourth-order valence-corrected chi connectivity index (χ4v) is 6.21. The summed E-state index contributed by atoms with van der Waals surface area (Å²) in [7, 11) is -4.61. The van der Waals surface area contributed by atoms with Crippen LogP contribution in [0.25, 0.3) is 0 Å². The molecule has 0 bridgehead atoms. The minimum absolute atomic E-state index is 0.165. The topological polar surface area (TPSA) is 161 Å². The van der Waals surface area contributed by atoms with Crippen LogP contribution < -0.4 is 0 Å². The Hall–Kier alpha value is -1.33. The fraction of sp³-hybridized carbons (Fsp3) is 0.892. The molecular formula is C37H69O11P. The van der Waals surface area contributed by atoms with Crippen molar-refractivity contribution in [1.82, 2.24) is 0 Å². The smallest absolute Gasteiger partial charge is 0.462 e. The summed E-state index contributed by atoms with van der Waals surface area (Å²) in [5.74, 6) is -0.206. The van der Waals surface area contributed by atoms with Crippen LogP contribution in [0.2, 0.25) is 0 Å². The highest BCUT2D eigenvalue weighted by Crippen LogP contribution is 2.43. The number of hydrogen-bond donors (Lipinski definition) is 3. The molecule has 1 rings (SSSR count). The normalized spacial score (nSPS) is 18.4. The van der Waals surface area contributed by atoms with E-state index in [1.54, 1.807) is 0 Å². The second kappa shape index (κ2) is 29.3. The van der Waals surface area contributed by atoms with E-state index in [0.717, 1.165) is 63.7 Å². The van der Waals surface area contributed by atoms with E-state index < -0.39 is 51.8 Å². The fourth-order valence-electron chi connectivity index (χ4n) is 5.42. The van der Waals surface area contributed by atoms with Crippen LogP contribution in [0.3, 0.4) is 0 Å². The maximum absolute atomic E-state index is 12.6. The average molecular weight is 721 g/mol. The number of carbonyl (C=O) groups is 2. The summed E-state index contributed by atoms with van der Waals surface area (Å²) in [5, 5.41) is 18.3. The Morgan fingerprint density at radius 2 is 1.39 bits per heavy atom. The van der Waals surface area contributed by atoms with Gasteiger partial charge in [-0.1, -0.05) is 116 Å². The quantitative estimate of drug-likeness (QED) is 0.0194. The highest BCUT2D eigenvalue weighted by atomic mass is 31.2. The van der Waals surface area contributed by atoms with Crippen molar-refractivity contribution in [3.05, 3.63) is 12.2 Å². The third-order valence-corrected chi connectivity index (χ3v) is 9.47. The van der Waals surface area contributed by atoms with Crippen LogP contribution in [0, 0.1) is 5.92 Å². The molecule has 12 heteroatoms. The van der Waals surface area contributed by atoms with Gasteiger partial charge in [-0.2, -0.15) is 0 Å². The molecule has 11 nitrogen and oxygen atoms in total. The SMILES string of the molecule is CCCCCC1OC1C/C=C\CCCCCCCC(=O)O[C@H](COC(=O)CCCCCCCCCC(C)C)COP(=O)(O)OC[C@@H](O)CO. The van der Waals surface area contributed by atoms with Gasteiger partial charge in [0.2, 0.25) is 0 Å². The van der Waals surface area contributed by atoms with E-state index in [9.17, 15) is 24.2 Å². The Kier molecular flexibility index (Phi) is 27.3. The van der Waals surface area contributed by atoms with Gasteiger partial charge in [-0.05, 0) is 44.4 Å². The van der Waals surface area contributed by atoms with Crippen molar-refractivity contribution in [2.45, 2.75) is 180 Å². The van der Waals surface area contributed by atoms with E-state index in [-0.39, 0.29) is 19.4 Å². The molecule has 3 unspecified atom stereocenters. The lowest BCUT2D eigenvalue weighted by atomic mass is 10.0. The summed E-state index contributed by atoms with van der Waals surface area (Å²) in [4.78, 5) is 34.8. The molecule has 0 aromatic rings. The first-order valence-corrected chi connectivity index (χ1v) is 20.6. The number of epoxide rings is 1. The van der Waals surface area contributed by atoms with E-state index in [1.807, 2.05) is 0 Å². The second-order valence-corrected chi connectivity index (χ2v) is 15.3. The molecule has 5 atom stereocenters. The predicted molar refractivity (Wildman–Crippen MR) is 191 cm³/mol. The average Bonchev–Trinajstić information content (AvgIpc) is 3.82. The summed E-state index contributed by atoms with van der Waals surface area (Å²) in [5.41, 5.74) is 0. The minimum atomic E-state index is -4.61. The van der Waals surface area contributed by atoms with Gasteiger partial charge in [0.1, 0.15) is 12.7 Å². The molecule has 0 aromatic carbocycles. The number of rotatable bonds is 34.